The van der Waals surface area contributed by atoms with E-state index in [1.807, 2.05) is 0 Å². The first kappa shape index (κ1) is 25.5. The van der Waals surface area contributed by atoms with Crippen molar-refractivity contribution in [3.63, 3.8) is 0 Å². The highest BCUT2D eigenvalue weighted by Gasteiger charge is 2.23. The van der Waals surface area contributed by atoms with Crippen LogP contribution in [0.15, 0.2) is 48.5 Å². The average molecular weight is 395 g/mol. The van der Waals surface area contributed by atoms with Crippen molar-refractivity contribution in [3.8, 4) is 0 Å². The molecule has 0 atom stereocenters. The number of benzene rings is 2. The fraction of sp³-hybridized carbons (Fsp3) is 0.586. The first-order valence-corrected chi connectivity index (χ1v) is 11.6. The molecule has 0 spiro atoms. The monoisotopic (exact) mass is 394 g/mol. The van der Waals surface area contributed by atoms with E-state index in [9.17, 15) is 0 Å². The Morgan fingerprint density at radius 2 is 1.24 bits per heavy atom. The van der Waals surface area contributed by atoms with E-state index in [4.69, 9.17) is 0 Å². The Morgan fingerprint density at radius 1 is 0.724 bits per heavy atom. The molecule has 0 N–H and O–H groups in total. The zero-order valence-corrected chi connectivity index (χ0v) is 20.8. The van der Waals surface area contributed by atoms with E-state index < -0.39 is 0 Å². The minimum absolute atomic E-state index is 0.269. The molecule has 0 bridgehead atoms. The molecule has 0 radical (unpaired) electrons. The second kappa shape index (κ2) is 11.6. The van der Waals surface area contributed by atoms with Crippen molar-refractivity contribution >= 4 is 0 Å². The summed E-state index contributed by atoms with van der Waals surface area (Å²) in [6, 6.07) is 17.6. The molecule has 0 nitrogen and oxygen atoms in total. The van der Waals surface area contributed by atoms with Gasteiger partial charge in [0.25, 0.3) is 0 Å². The minimum Gasteiger partial charge on any atom is -0.0625 e. The first-order valence-electron chi connectivity index (χ1n) is 11.6. The largest absolute Gasteiger partial charge is 0.0625 e. The van der Waals surface area contributed by atoms with Crippen molar-refractivity contribution in [2.24, 2.45) is 11.8 Å². The second-order valence-electron chi connectivity index (χ2n) is 10.7. The molecule has 0 aromatic heterocycles. The van der Waals surface area contributed by atoms with Gasteiger partial charge >= 0.3 is 0 Å². The van der Waals surface area contributed by atoms with Gasteiger partial charge in [0.15, 0.2) is 0 Å². The summed E-state index contributed by atoms with van der Waals surface area (Å²) >= 11 is 0. The van der Waals surface area contributed by atoms with Crippen LogP contribution in [0.1, 0.15) is 109 Å². The molecule has 29 heavy (non-hydrogen) atoms. The summed E-state index contributed by atoms with van der Waals surface area (Å²) in [4.78, 5) is 0. The Hall–Kier alpha value is -1.56. The number of hydrogen-bond acceptors (Lipinski definition) is 0. The summed E-state index contributed by atoms with van der Waals surface area (Å²) in [5.41, 5.74) is 5.89. The Kier molecular flexibility index (Phi) is 10.2. The highest BCUT2D eigenvalue weighted by atomic mass is 14.3. The fourth-order valence-corrected chi connectivity index (χ4v) is 3.08. The van der Waals surface area contributed by atoms with Gasteiger partial charge in [-0.15, -0.1) is 0 Å². The molecule has 2 aromatic carbocycles. The lowest BCUT2D eigenvalue weighted by atomic mass is 9.85. The van der Waals surface area contributed by atoms with Crippen molar-refractivity contribution in [1.29, 1.82) is 0 Å². The minimum atomic E-state index is 0.269. The smallest absolute Gasteiger partial charge is 0.0132 e. The Bertz CT molecular complexity index is 692. The molecule has 1 aliphatic rings. The van der Waals surface area contributed by atoms with Gasteiger partial charge in [0.05, 0.1) is 0 Å². The molecular weight excluding hydrogens is 348 g/mol. The van der Waals surface area contributed by atoms with Crippen LogP contribution in [0.5, 0.6) is 0 Å². The van der Waals surface area contributed by atoms with E-state index in [2.05, 4.69) is 118 Å². The van der Waals surface area contributed by atoms with E-state index in [-0.39, 0.29) is 5.41 Å². The van der Waals surface area contributed by atoms with Gasteiger partial charge < -0.3 is 0 Å². The Morgan fingerprint density at radius 3 is 1.59 bits per heavy atom. The molecule has 1 saturated carbocycles. The van der Waals surface area contributed by atoms with Crippen LogP contribution in [0.4, 0.5) is 0 Å². The summed E-state index contributed by atoms with van der Waals surface area (Å²) in [5.74, 6) is 3.35. The third kappa shape index (κ3) is 10.2. The second-order valence-corrected chi connectivity index (χ2v) is 10.7. The van der Waals surface area contributed by atoms with E-state index in [0.717, 1.165) is 11.8 Å². The predicted molar refractivity (Wildman–Crippen MR) is 132 cm³/mol. The molecule has 0 aliphatic heterocycles. The molecule has 0 saturated heterocycles. The number of aryl methyl sites for hydroxylation is 1. The lowest BCUT2D eigenvalue weighted by Gasteiger charge is -2.20. The molecule has 3 rings (SSSR count). The van der Waals surface area contributed by atoms with Crippen LogP contribution >= 0.6 is 0 Å². The third-order valence-electron chi connectivity index (χ3n) is 5.73. The van der Waals surface area contributed by atoms with Crippen LogP contribution in [0, 0.1) is 18.8 Å². The van der Waals surface area contributed by atoms with Crippen molar-refractivity contribution < 1.29 is 0 Å². The van der Waals surface area contributed by atoms with E-state index in [1.54, 1.807) is 0 Å². The topological polar surface area (TPSA) is 0 Å². The SMILES string of the molecule is CC(C)C1CC1.CC(C)c1cccc(C(C)(C)C)c1.Cc1ccc(C(C)C)cc1. The quantitative estimate of drug-likeness (QED) is 0.486. The van der Waals surface area contributed by atoms with Crippen LogP contribution in [0.2, 0.25) is 0 Å². The molecule has 0 heterocycles. The lowest BCUT2D eigenvalue weighted by Crippen LogP contribution is -2.11. The highest BCUT2D eigenvalue weighted by Crippen LogP contribution is 2.35. The maximum atomic E-state index is 2.32. The van der Waals surface area contributed by atoms with Gasteiger partial charge in [0.1, 0.15) is 0 Å². The fourth-order valence-electron chi connectivity index (χ4n) is 3.08. The summed E-state index contributed by atoms with van der Waals surface area (Å²) in [6.07, 6.45) is 3.00. The number of hydrogen-bond donors (Lipinski definition) is 0. The predicted octanol–water partition coefficient (Wildman–Crippen LogP) is 9.28. The van der Waals surface area contributed by atoms with Gasteiger partial charge in [-0.3, -0.25) is 0 Å². The van der Waals surface area contributed by atoms with Crippen LogP contribution in [-0.2, 0) is 5.41 Å². The molecule has 1 aliphatic carbocycles. The van der Waals surface area contributed by atoms with E-state index in [0.29, 0.717) is 11.8 Å². The van der Waals surface area contributed by atoms with Crippen LogP contribution in [0.25, 0.3) is 0 Å². The lowest BCUT2D eigenvalue weighted by molar-refractivity contribution is 0.563. The van der Waals surface area contributed by atoms with Crippen molar-refractivity contribution in [3.05, 3.63) is 70.8 Å². The van der Waals surface area contributed by atoms with Gasteiger partial charge in [-0.25, -0.2) is 0 Å². The maximum Gasteiger partial charge on any atom is -0.0132 e. The van der Waals surface area contributed by atoms with E-state index in [1.165, 1.54) is 35.1 Å². The maximum absolute atomic E-state index is 2.32. The Balaban J connectivity index is 0.000000232. The standard InChI is InChI=1S/C13H20.C10H14.C6H12/c1-10(2)11-7-6-8-12(9-11)13(3,4)5;1-8(2)10-6-4-9(3)5-7-10;1-5(2)6-3-4-6/h6-10H,1-5H3;4-8H,1-3H3;5-6H,3-4H2,1-2H3. The van der Waals surface area contributed by atoms with E-state index >= 15 is 0 Å². The summed E-state index contributed by atoms with van der Waals surface area (Å²) in [6.45, 7) is 22.4. The zero-order valence-electron chi connectivity index (χ0n) is 20.8. The van der Waals surface area contributed by atoms with Crippen molar-refractivity contribution in [2.75, 3.05) is 0 Å². The van der Waals surface area contributed by atoms with Gasteiger partial charge in [-0.05, 0) is 65.5 Å². The molecular formula is C29H46. The third-order valence-corrected chi connectivity index (χ3v) is 5.73. The summed E-state index contributed by atoms with van der Waals surface area (Å²) in [5, 5.41) is 0. The van der Waals surface area contributed by atoms with Crippen LogP contribution < -0.4 is 0 Å². The first-order chi connectivity index (χ1) is 13.4. The average Bonchev–Trinajstić information content (AvgIpc) is 3.48. The molecule has 0 heteroatoms. The molecule has 2 aromatic rings. The normalized spacial score (nSPS) is 13.7. The van der Waals surface area contributed by atoms with Gasteiger partial charge in [-0.2, -0.15) is 0 Å². The molecule has 0 amide bonds. The molecule has 1 fully saturated rings. The van der Waals surface area contributed by atoms with Gasteiger partial charge in [-0.1, -0.05) is 116 Å². The highest BCUT2D eigenvalue weighted by molar-refractivity contribution is 5.30. The summed E-state index contributed by atoms with van der Waals surface area (Å²) in [7, 11) is 0. The number of rotatable bonds is 3. The van der Waals surface area contributed by atoms with Crippen LogP contribution in [0.3, 0.4) is 0 Å². The van der Waals surface area contributed by atoms with Gasteiger partial charge in [0, 0.05) is 0 Å². The Labute approximate surface area is 182 Å². The van der Waals surface area contributed by atoms with Crippen molar-refractivity contribution in [2.45, 2.75) is 99.3 Å². The zero-order chi connectivity index (χ0) is 22.2. The molecule has 0 unspecified atom stereocenters. The van der Waals surface area contributed by atoms with Gasteiger partial charge in [0.2, 0.25) is 0 Å². The van der Waals surface area contributed by atoms with Crippen molar-refractivity contribution in [1.82, 2.24) is 0 Å². The van der Waals surface area contributed by atoms with Crippen LogP contribution in [-0.4, -0.2) is 0 Å². The summed E-state index contributed by atoms with van der Waals surface area (Å²) < 4.78 is 0. The molecule has 162 valence electrons.